The molecule has 0 aliphatic carbocycles. The molecule has 0 amide bonds. The summed E-state index contributed by atoms with van der Waals surface area (Å²) >= 11 is 0. The second-order valence-corrected chi connectivity index (χ2v) is 4.29. The third-order valence-electron chi connectivity index (χ3n) is 3.09. The van der Waals surface area contributed by atoms with Gasteiger partial charge in [0.15, 0.2) is 0 Å². The fourth-order valence-electron chi connectivity index (χ4n) is 2.02. The average molecular weight is 245 g/mol. The summed E-state index contributed by atoms with van der Waals surface area (Å²) in [6.45, 7) is 0.389. The fourth-order valence-corrected chi connectivity index (χ4v) is 2.02. The molecule has 4 N–H and O–H groups in total. The van der Waals surface area contributed by atoms with Crippen LogP contribution in [0.2, 0.25) is 0 Å². The quantitative estimate of drug-likeness (QED) is 0.746. The Kier molecular flexibility index (Phi) is 2.81. The van der Waals surface area contributed by atoms with Crippen molar-refractivity contribution in [1.82, 2.24) is 0 Å². The number of nitrogens with two attached hydrogens (primary N) is 2. The van der Waals surface area contributed by atoms with Crippen LogP contribution >= 0.6 is 0 Å². The fraction of sp³-hybridized carbons (Fsp3) is 0.455. The van der Waals surface area contributed by atoms with E-state index in [4.69, 9.17) is 11.5 Å². The van der Waals surface area contributed by atoms with Gasteiger partial charge in [-0.1, -0.05) is 0 Å². The molecule has 0 aromatic heterocycles. The minimum absolute atomic E-state index is 0.00709. The van der Waals surface area contributed by atoms with Crippen molar-refractivity contribution in [3.63, 3.8) is 0 Å². The molecule has 0 radical (unpaired) electrons. The van der Waals surface area contributed by atoms with Gasteiger partial charge < -0.3 is 16.4 Å². The van der Waals surface area contributed by atoms with Crippen LogP contribution in [0.3, 0.4) is 0 Å². The standard InChI is InChI=1S/C11H14F3N3/c12-11(13,14)7-3-4-17(6-7)8-1-2-9(15)10(16)5-8/h1-2,5,7H,3-4,6,15-16H2. The van der Waals surface area contributed by atoms with Crippen LogP contribution in [-0.2, 0) is 0 Å². The van der Waals surface area contributed by atoms with Gasteiger partial charge in [0.1, 0.15) is 0 Å². The maximum atomic E-state index is 12.5. The lowest BCUT2D eigenvalue weighted by Crippen LogP contribution is -2.27. The molecule has 1 aliphatic heterocycles. The molecule has 1 aliphatic rings. The Morgan fingerprint density at radius 1 is 1.18 bits per heavy atom. The average Bonchev–Trinajstić information content (AvgIpc) is 2.70. The minimum Gasteiger partial charge on any atom is -0.397 e. The molecule has 1 aromatic rings. The third-order valence-corrected chi connectivity index (χ3v) is 3.09. The highest BCUT2D eigenvalue weighted by Crippen LogP contribution is 2.36. The Labute approximate surface area is 97.2 Å². The first-order valence-electron chi connectivity index (χ1n) is 5.34. The van der Waals surface area contributed by atoms with E-state index in [1.54, 1.807) is 23.1 Å². The van der Waals surface area contributed by atoms with Crippen molar-refractivity contribution in [3.8, 4) is 0 Å². The zero-order valence-electron chi connectivity index (χ0n) is 9.17. The first kappa shape index (κ1) is 11.9. The predicted molar refractivity (Wildman–Crippen MR) is 61.6 cm³/mol. The molecule has 17 heavy (non-hydrogen) atoms. The normalized spacial score (nSPS) is 20.9. The van der Waals surface area contributed by atoms with Gasteiger partial charge in [-0.05, 0) is 24.6 Å². The Balaban J connectivity index is 2.13. The van der Waals surface area contributed by atoms with Crippen molar-refractivity contribution in [3.05, 3.63) is 18.2 Å². The summed E-state index contributed by atoms with van der Waals surface area (Å²) in [6.07, 6.45) is -3.98. The molecule has 1 heterocycles. The van der Waals surface area contributed by atoms with Crippen molar-refractivity contribution in [2.24, 2.45) is 5.92 Å². The van der Waals surface area contributed by atoms with Gasteiger partial charge in [0.05, 0.1) is 17.3 Å². The zero-order chi connectivity index (χ0) is 12.6. The Morgan fingerprint density at radius 2 is 1.88 bits per heavy atom. The Hall–Kier alpha value is -1.59. The van der Waals surface area contributed by atoms with E-state index in [0.29, 0.717) is 23.6 Å². The van der Waals surface area contributed by atoms with Gasteiger partial charge in [-0.3, -0.25) is 0 Å². The largest absolute Gasteiger partial charge is 0.397 e. The van der Waals surface area contributed by atoms with Crippen LogP contribution in [0.15, 0.2) is 18.2 Å². The molecule has 1 atom stereocenters. The molecule has 3 nitrogen and oxygen atoms in total. The smallest absolute Gasteiger partial charge is 0.393 e. The molecule has 1 fully saturated rings. The summed E-state index contributed by atoms with van der Waals surface area (Å²) in [7, 11) is 0. The lowest BCUT2D eigenvalue weighted by molar-refractivity contribution is -0.168. The number of anilines is 3. The number of nitrogen functional groups attached to an aromatic ring is 2. The second kappa shape index (κ2) is 4.01. The molecular formula is C11H14F3N3. The molecule has 0 spiro atoms. The Bertz CT molecular complexity index is 417. The molecule has 94 valence electrons. The van der Waals surface area contributed by atoms with Gasteiger partial charge in [-0.25, -0.2) is 0 Å². The number of alkyl halides is 3. The lowest BCUT2D eigenvalue weighted by atomic mass is 10.1. The molecule has 1 aromatic carbocycles. The Morgan fingerprint density at radius 3 is 2.41 bits per heavy atom. The predicted octanol–water partition coefficient (Wildman–Crippen LogP) is 2.24. The number of nitrogens with zero attached hydrogens (tertiary/aromatic N) is 1. The number of benzene rings is 1. The zero-order valence-corrected chi connectivity index (χ0v) is 9.17. The highest BCUT2D eigenvalue weighted by molar-refractivity contribution is 5.70. The van der Waals surface area contributed by atoms with E-state index in [0.717, 1.165) is 0 Å². The molecule has 2 rings (SSSR count). The van der Waals surface area contributed by atoms with Crippen molar-refractivity contribution in [2.75, 3.05) is 29.5 Å². The lowest BCUT2D eigenvalue weighted by Gasteiger charge is -2.20. The van der Waals surface area contributed by atoms with Gasteiger partial charge >= 0.3 is 6.18 Å². The van der Waals surface area contributed by atoms with Crippen LogP contribution in [0, 0.1) is 5.92 Å². The van der Waals surface area contributed by atoms with E-state index in [2.05, 4.69) is 0 Å². The van der Waals surface area contributed by atoms with E-state index in [1.807, 2.05) is 0 Å². The van der Waals surface area contributed by atoms with E-state index in [9.17, 15) is 13.2 Å². The van der Waals surface area contributed by atoms with Gasteiger partial charge in [0.2, 0.25) is 0 Å². The van der Waals surface area contributed by atoms with Crippen molar-refractivity contribution >= 4 is 17.1 Å². The van der Waals surface area contributed by atoms with E-state index >= 15 is 0 Å². The minimum atomic E-state index is -4.12. The molecular weight excluding hydrogens is 231 g/mol. The maximum absolute atomic E-state index is 12.5. The molecule has 1 saturated heterocycles. The van der Waals surface area contributed by atoms with Crippen LogP contribution in [-0.4, -0.2) is 19.3 Å². The van der Waals surface area contributed by atoms with Crippen LogP contribution in [0.25, 0.3) is 0 Å². The summed E-state index contributed by atoms with van der Waals surface area (Å²) in [4.78, 5) is 1.69. The summed E-state index contributed by atoms with van der Waals surface area (Å²) in [6, 6.07) is 4.93. The number of hydrogen-bond acceptors (Lipinski definition) is 3. The first-order valence-corrected chi connectivity index (χ1v) is 5.34. The topological polar surface area (TPSA) is 55.3 Å². The second-order valence-electron chi connectivity index (χ2n) is 4.29. The van der Waals surface area contributed by atoms with Crippen LogP contribution < -0.4 is 16.4 Å². The van der Waals surface area contributed by atoms with Crippen molar-refractivity contribution in [1.29, 1.82) is 0 Å². The molecule has 6 heteroatoms. The highest BCUT2D eigenvalue weighted by Gasteiger charge is 2.43. The molecule has 0 bridgehead atoms. The van der Waals surface area contributed by atoms with E-state index in [1.165, 1.54) is 0 Å². The third kappa shape index (κ3) is 2.40. The van der Waals surface area contributed by atoms with Crippen LogP contribution in [0.4, 0.5) is 30.2 Å². The first-order chi connectivity index (χ1) is 7.88. The van der Waals surface area contributed by atoms with Crippen LogP contribution in [0.1, 0.15) is 6.42 Å². The van der Waals surface area contributed by atoms with Gasteiger partial charge in [0, 0.05) is 18.8 Å². The van der Waals surface area contributed by atoms with Gasteiger partial charge in [-0.15, -0.1) is 0 Å². The molecule has 0 saturated carbocycles. The number of rotatable bonds is 1. The highest BCUT2D eigenvalue weighted by atomic mass is 19.4. The van der Waals surface area contributed by atoms with E-state index in [-0.39, 0.29) is 13.0 Å². The monoisotopic (exact) mass is 245 g/mol. The van der Waals surface area contributed by atoms with Gasteiger partial charge in [-0.2, -0.15) is 13.2 Å². The summed E-state index contributed by atoms with van der Waals surface area (Å²) < 4.78 is 37.6. The van der Waals surface area contributed by atoms with Crippen molar-refractivity contribution < 1.29 is 13.2 Å². The van der Waals surface area contributed by atoms with Crippen LogP contribution in [0.5, 0.6) is 0 Å². The maximum Gasteiger partial charge on any atom is 0.393 e. The van der Waals surface area contributed by atoms with E-state index < -0.39 is 12.1 Å². The SMILES string of the molecule is Nc1ccc(N2CCC(C(F)(F)F)C2)cc1N. The number of halogens is 3. The summed E-state index contributed by atoms with van der Waals surface area (Å²) in [5, 5.41) is 0. The summed E-state index contributed by atoms with van der Waals surface area (Å²) in [5.41, 5.74) is 12.7. The van der Waals surface area contributed by atoms with Crippen molar-refractivity contribution in [2.45, 2.75) is 12.6 Å². The number of hydrogen-bond donors (Lipinski definition) is 2. The molecule has 1 unspecified atom stereocenters. The van der Waals surface area contributed by atoms with Gasteiger partial charge in [0.25, 0.3) is 0 Å². The summed E-state index contributed by atoms with van der Waals surface area (Å²) in [5.74, 6) is -1.25.